The van der Waals surface area contributed by atoms with Crippen LogP contribution in [0.5, 0.6) is 0 Å². The van der Waals surface area contributed by atoms with E-state index in [1.54, 1.807) is 7.11 Å². The normalized spacial score (nSPS) is 13.0. The van der Waals surface area contributed by atoms with Crippen LogP contribution in [0.1, 0.15) is 26.7 Å². The largest absolute Gasteiger partial charge is 0.407 e. The van der Waals surface area contributed by atoms with Gasteiger partial charge in [-0.2, -0.15) is 0 Å². The quantitative estimate of drug-likeness (QED) is 0.715. The molecule has 0 amide bonds. The molecule has 0 saturated heterocycles. The highest BCUT2D eigenvalue weighted by Crippen LogP contribution is 2.05. The van der Waals surface area contributed by atoms with Gasteiger partial charge in [0, 0.05) is 13.7 Å². The van der Waals surface area contributed by atoms with Crippen LogP contribution in [-0.2, 0) is 11.3 Å². The van der Waals surface area contributed by atoms with Crippen LogP contribution in [0.25, 0.3) is 0 Å². The number of anilines is 1. The standard InChI is InChI=1S/C11H22N4O2/c1-8(2)5-12-7-10-14-15-11(17-10)13-6-9(3)16-4/h8-9,12H,5-7H2,1-4H3,(H,13,15). The Morgan fingerprint density at radius 2 is 2.00 bits per heavy atom. The van der Waals surface area contributed by atoms with Gasteiger partial charge in [0.2, 0.25) is 5.89 Å². The van der Waals surface area contributed by atoms with E-state index in [1.807, 2.05) is 6.92 Å². The zero-order valence-electron chi connectivity index (χ0n) is 11.0. The summed E-state index contributed by atoms with van der Waals surface area (Å²) in [5, 5.41) is 14.1. The SMILES string of the molecule is COC(C)CNc1nnc(CNCC(C)C)o1. The summed E-state index contributed by atoms with van der Waals surface area (Å²) in [7, 11) is 1.67. The van der Waals surface area contributed by atoms with Gasteiger partial charge in [0.15, 0.2) is 0 Å². The molecule has 0 radical (unpaired) electrons. The first-order valence-corrected chi connectivity index (χ1v) is 5.91. The van der Waals surface area contributed by atoms with Crippen molar-refractivity contribution in [1.29, 1.82) is 0 Å². The first-order chi connectivity index (χ1) is 8.11. The Bertz CT molecular complexity index is 314. The molecular weight excluding hydrogens is 220 g/mol. The van der Waals surface area contributed by atoms with E-state index in [0.29, 0.717) is 30.9 Å². The maximum atomic E-state index is 5.41. The number of nitrogens with zero attached hydrogens (tertiary/aromatic N) is 2. The highest BCUT2D eigenvalue weighted by atomic mass is 16.5. The lowest BCUT2D eigenvalue weighted by Gasteiger charge is -2.08. The van der Waals surface area contributed by atoms with Crippen molar-refractivity contribution in [2.75, 3.05) is 25.5 Å². The smallest absolute Gasteiger partial charge is 0.315 e. The van der Waals surface area contributed by atoms with E-state index in [9.17, 15) is 0 Å². The fraction of sp³-hybridized carbons (Fsp3) is 0.818. The van der Waals surface area contributed by atoms with Crippen molar-refractivity contribution in [3.63, 3.8) is 0 Å². The van der Waals surface area contributed by atoms with Gasteiger partial charge in [-0.25, -0.2) is 0 Å². The Morgan fingerprint density at radius 1 is 1.24 bits per heavy atom. The lowest BCUT2D eigenvalue weighted by atomic mass is 10.2. The summed E-state index contributed by atoms with van der Waals surface area (Å²) in [5.74, 6) is 1.20. The van der Waals surface area contributed by atoms with E-state index in [1.165, 1.54) is 0 Å². The first-order valence-electron chi connectivity index (χ1n) is 5.91. The molecule has 0 fully saturated rings. The molecule has 0 bridgehead atoms. The molecule has 1 unspecified atom stereocenters. The third kappa shape index (κ3) is 5.65. The van der Waals surface area contributed by atoms with Crippen LogP contribution in [0.4, 0.5) is 6.01 Å². The number of hydrogen-bond donors (Lipinski definition) is 2. The van der Waals surface area contributed by atoms with Crippen molar-refractivity contribution in [1.82, 2.24) is 15.5 Å². The molecule has 0 saturated carbocycles. The predicted molar refractivity (Wildman–Crippen MR) is 65.8 cm³/mol. The van der Waals surface area contributed by atoms with Gasteiger partial charge >= 0.3 is 6.01 Å². The molecule has 6 nitrogen and oxygen atoms in total. The Balaban J connectivity index is 2.27. The van der Waals surface area contributed by atoms with Crippen molar-refractivity contribution in [3.05, 3.63) is 5.89 Å². The number of rotatable bonds is 8. The molecular formula is C11H22N4O2. The van der Waals surface area contributed by atoms with E-state index in [0.717, 1.165) is 6.54 Å². The summed E-state index contributed by atoms with van der Waals surface area (Å²) in [6.07, 6.45) is 0.115. The lowest BCUT2D eigenvalue weighted by molar-refractivity contribution is 0.128. The van der Waals surface area contributed by atoms with Crippen LogP contribution in [0, 0.1) is 5.92 Å². The number of methoxy groups -OCH3 is 1. The molecule has 0 spiro atoms. The number of hydrogen-bond acceptors (Lipinski definition) is 6. The second-order valence-corrected chi connectivity index (χ2v) is 4.45. The van der Waals surface area contributed by atoms with Crippen molar-refractivity contribution in [2.45, 2.75) is 33.4 Å². The molecule has 1 heterocycles. The zero-order chi connectivity index (χ0) is 12.7. The fourth-order valence-corrected chi connectivity index (χ4v) is 1.18. The van der Waals surface area contributed by atoms with Gasteiger partial charge in [-0.15, -0.1) is 5.10 Å². The van der Waals surface area contributed by atoms with Gasteiger partial charge in [-0.05, 0) is 19.4 Å². The van der Waals surface area contributed by atoms with Crippen LogP contribution in [0.15, 0.2) is 4.42 Å². The number of nitrogens with one attached hydrogen (secondary N) is 2. The van der Waals surface area contributed by atoms with Crippen molar-refractivity contribution in [3.8, 4) is 0 Å². The molecule has 17 heavy (non-hydrogen) atoms. The van der Waals surface area contributed by atoms with E-state index in [-0.39, 0.29) is 6.10 Å². The van der Waals surface area contributed by atoms with Gasteiger partial charge in [-0.1, -0.05) is 18.9 Å². The minimum atomic E-state index is 0.115. The zero-order valence-corrected chi connectivity index (χ0v) is 11.0. The summed E-state index contributed by atoms with van der Waals surface area (Å²) >= 11 is 0. The van der Waals surface area contributed by atoms with Crippen molar-refractivity contribution >= 4 is 6.01 Å². The number of ether oxygens (including phenoxy) is 1. The second-order valence-electron chi connectivity index (χ2n) is 4.45. The maximum absolute atomic E-state index is 5.41. The van der Waals surface area contributed by atoms with Gasteiger partial charge < -0.3 is 19.8 Å². The van der Waals surface area contributed by atoms with E-state index < -0.39 is 0 Å². The summed E-state index contributed by atoms with van der Waals surface area (Å²) in [6, 6.07) is 0.440. The molecule has 98 valence electrons. The molecule has 1 rings (SSSR count). The Kier molecular flexibility index (Phi) is 5.93. The molecule has 0 aliphatic carbocycles. The van der Waals surface area contributed by atoms with Gasteiger partial charge in [-0.3, -0.25) is 0 Å². The van der Waals surface area contributed by atoms with Crippen LogP contribution in [0.2, 0.25) is 0 Å². The molecule has 1 aromatic heterocycles. The summed E-state index contributed by atoms with van der Waals surface area (Å²) in [6.45, 7) is 8.46. The molecule has 0 aliphatic heterocycles. The monoisotopic (exact) mass is 242 g/mol. The minimum absolute atomic E-state index is 0.115. The summed E-state index contributed by atoms with van der Waals surface area (Å²) in [5.41, 5.74) is 0. The summed E-state index contributed by atoms with van der Waals surface area (Å²) in [4.78, 5) is 0. The molecule has 2 N–H and O–H groups in total. The maximum Gasteiger partial charge on any atom is 0.315 e. The van der Waals surface area contributed by atoms with Crippen LogP contribution in [0.3, 0.4) is 0 Å². The van der Waals surface area contributed by atoms with Gasteiger partial charge in [0.25, 0.3) is 0 Å². The van der Waals surface area contributed by atoms with Gasteiger partial charge in [0.05, 0.1) is 12.6 Å². The first kappa shape index (κ1) is 13.9. The predicted octanol–water partition coefficient (Wildman–Crippen LogP) is 1.26. The van der Waals surface area contributed by atoms with Crippen molar-refractivity contribution < 1.29 is 9.15 Å². The average molecular weight is 242 g/mol. The highest BCUT2D eigenvalue weighted by molar-refractivity contribution is 5.16. The molecule has 1 aromatic rings. The fourth-order valence-electron chi connectivity index (χ4n) is 1.18. The second kappa shape index (κ2) is 7.24. The van der Waals surface area contributed by atoms with E-state index >= 15 is 0 Å². The van der Waals surface area contributed by atoms with Crippen molar-refractivity contribution in [2.24, 2.45) is 5.92 Å². The van der Waals surface area contributed by atoms with Gasteiger partial charge in [0.1, 0.15) is 0 Å². The van der Waals surface area contributed by atoms with Crippen LogP contribution in [-0.4, -0.2) is 36.5 Å². The number of aromatic nitrogens is 2. The van der Waals surface area contributed by atoms with E-state index in [4.69, 9.17) is 9.15 Å². The average Bonchev–Trinajstić information content (AvgIpc) is 2.73. The minimum Gasteiger partial charge on any atom is -0.407 e. The Morgan fingerprint density at radius 3 is 2.65 bits per heavy atom. The third-order valence-electron chi connectivity index (χ3n) is 2.24. The lowest BCUT2D eigenvalue weighted by Crippen LogP contribution is -2.19. The third-order valence-corrected chi connectivity index (χ3v) is 2.24. The Labute approximate surface area is 102 Å². The highest BCUT2D eigenvalue weighted by Gasteiger charge is 2.06. The van der Waals surface area contributed by atoms with Crippen LogP contribution < -0.4 is 10.6 Å². The molecule has 0 aliphatic rings. The topological polar surface area (TPSA) is 72.2 Å². The van der Waals surface area contributed by atoms with Crippen LogP contribution >= 0.6 is 0 Å². The van der Waals surface area contributed by atoms with E-state index in [2.05, 4.69) is 34.7 Å². The Hall–Kier alpha value is -1.14. The molecule has 1 atom stereocenters. The molecule has 6 heteroatoms. The molecule has 0 aromatic carbocycles. The summed E-state index contributed by atoms with van der Waals surface area (Å²) < 4.78 is 10.5.